The van der Waals surface area contributed by atoms with Crippen LogP contribution in [0.5, 0.6) is 0 Å². The first kappa shape index (κ1) is 18.1. The first-order valence-corrected chi connectivity index (χ1v) is 9.48. The van der Waals surface area contributed by atoms with Crippen LogP contribution in [-0.2, 0) is 19.0 Å². The van der Waals surface area contributed by atoms with Crippen LogP contribution in [0.4, 0.5) is 0 Å². The van der Waals surface area contributed by atoms with E-state index < -0.39 is 0 Å². The first-order valence-electron chi connectivity index (χ1n) is 9.48. The van der Waals surface area contributed by atoms with E-state index in [-0.39, 0.29) is 11.9 Å². The van der Waals surface area contributed by atoms with Crippen LogP contribution >= 0.6 is 0 Å². The zero-order valence-electron chi connectivity index (χ0n) is 15.0. The van der Waals surface area contributed by atoms with Gasteiger partial charge in [0.05, 0.1) is 31.3 Å². The Bertz CT molecular complexity index is 406. The Hall–Kier alpha value is -0.690. The van der Waals surface area contributed by atoms with Crippen molar-refractivity contribution in [2.45, 2.75) is 63.3 Å². The van der Waals surface area contributed by atoms with Crippen molar-refractivity contribution in [3.8, 4) is 0 Å². The predicted molar refractivity (Wildman–Crippen MR) is 90.9 cm³/mol. The maximum atomic E-state index is 11.8. The number of nitrogens with one attached hydrogen (secondary N) is 1. The molecule has 0 aromatic rings. The van der Waals surface area contributed by atoms with Crippen molar-refractivity contribution in [2.24, 2.45) is 5.92 Å². The Morgan fingerprint density at radius 2 is 1.92 bits per heavy atom. The lowest BCUT2D eigenvalue weighted by molar-refractivity contribution is -0.150. The lowest BCUT2D eigenvalue weighted by atomic mass is 9.87. The van der Waals surface area contributed by atoms with E-state index in [4.69, 9.17) is 14.2 Å². The highest BCUT2D eigenvalue weighted by Crippen LogP contribution is 2.28. The van der Waals surface area contributed by atoms with Crippen LogP contribution in [0, 0.1) is 5.92 Å². The molecule has 1 unspecified atom stereocenters. The van der Waals surface area contributed by atoms with E-state index in [1.54, 1.807) is 7.11 Å². The molecule has 2 atom stereocenters. The molecule has 1 saturated carbocycles. The summed E-state index contributed by atoms with van der Waals surface area (Å²) >= 11 is 0. The second kappa shape index (κ2) is 8.61. The minimum atomic E-state index is -0.0276. The Balaban J connectivity index is 1.30. The second-order valence-corrected chi connectivity index (χ2v) is 7.37. The predicted octanol–water partition coefficient (Wildman–Crippen LogP) is 1.19. The molecule has 1 aliphatic carbocycles. The number of nitrogens with zero attached hydrogens (tertiary/aromatic N) is 1. The quantitative estimate of drug-likeness (QED) is 0.703. The Labute approximate surface area is 145 Å². The number of carbonyl (C=O) groups excluding carboxylic acids is 1. The van der Waals surface area contributed by atoms with Gasteiger partial charge in [0.1, 0.15) is 0 Å². The van der Waals surface area contributed by atoms with Gasteiger partial charge in [-0.25, -0.2) is 0 Å². The third kappa shape index (κ3) is 4.48. The standard InChI is InChI=1S/C18H32N2O4/c1-3-23-18(21)13-4-6-16(7-5-13)24-12-14-8-15(9-19-14)20-10-17(11-20)22-2/h13-17,19H,3-12H2,1-2H3/t13?,14?,15-,16?/m0/s1. The maximum absolute atomic E-state index is 11.8. The highest BCUT2D eigenvalue weighted by atomic mass is 16.5. The maximum Gasteiger partial charge on any atom is 0.308 e. The Kier molecular flexibility index (Phi) is 6.49. The van der Waals surface area contributed by atoms with E-state index in [2.05, 4.69) is 10.2 Å². The van der Waals surface area contributed by atoms with Crippen LogP contribution in [0.25, 0.3) is 0 Å². The molecular weight excluding hydrogens is 308 g/mol. The first-order chi connectivity index (χ1) is 11.7. The molecule has 3 fully saturated rings. The van der Waals surface area contributed by atoms with Crippen molar-refractivity contribution in [1.82, 2.24) is 10.2 Å². The molecule has 6 nitrogen and oxygen atoms in total. The van der Waals surface area contributed by atoms with Gasteiger partial charge < -0.3 is 19.5 Å². The molecule has 138 valence electrons. The molecule has 0 radical (unpaired) electrons. The Morgan fingerprint density at radius 1 is 1.17 bits per heavy atom. The fourth-order valence-corrected chi connectivity index (χ4v) is 4.10. The van der Waals surface area contributed by atoms with Gasteiger partial charge in [-0.1, -0.05) is 0 Å². The van der Waals surface area contributed by atoms with Crippen molar-refractivity contribution in [1.29, 1.82) is 0 Å². The van der Waals surface area contributed by atoms with Crippen LogP contribution in [0.2, 0.25) is 0 Å². The number of likely N-dealkylation sites (tertiary alicyclic amines) is 1. The summed E-state index contributed by atoms with van der Waals surface area (Å²) in [7, 11) is 1.79. The van der Waals surface area contributed by atoms with Crippen LogP contribution in [0.15, 0.2) is 0 Å². The molecule has 2 heterocycles. The molecular formula is C18H32N2O4. The van der Waals surface area contributed by atoms with Gasteiger partial charge in [0.25, 0.3) is 0 Å². The topological polar surface area (TPSA) is 60.0 Å². The minimum Gasteiger partial charge on any atom is -0.466 e. The molecule has 0 bridgehead atoms. The summed E-state index contributed by atoms with van der Waals surface area (Å²) in [5.41, 5.74) is 0. The van der Waals surface area contributed by atoms with Crippen LogP contribution in [0.1, 0.15) is 39.0 Å². The number of esters is 1. The van der Waals surface area contributed by atoms with E-state index in [0.717, 1.165) is 58.3 Å². The molecule has 0 amide bonds. The summed E-state index contributed by atoms with van der Waals surface area (Å²) in [6.45, 7) is 6.31. The van der Waals surface area contributed by atoms with Gasteiger partial charge >= 0.3 is 5.97 Å². The SMILES string of the molecule is CCOC(=O)C1CCC(OCC2C[C@H](N3CC(OC)C3)CN2)CC1. The van der Waals surface area contributed by atoms with Gasteiger partial charge in [0.15, 0.2) is 0 Å². The van der Waals surface area contributed by atoms with E-state index in [1.165, 1.54) is 0 Å². The summed E-state index contributed by atoms with van der Waals surface area (Å²) in [6, 6.07) is 1.09. The Morgan fingerprint density at radius 3 is 2.58 bits per heavy atom. The molecule has 3 aliphatic rings. The molecule has 2 aliphatic heterocycles. The molecule has 2 saturated heterocycles. The molecule has 6 heteroatoms. The normalized spacial score (nSPS) is 34.9. The van der Waals surface area contributed by atoms with Crippen LogP contribution in [-0.4, -0.2) is 75.1 Å². The van der Waals surface area contributed by atoms with Crippen molar-refractivity contribution < 1.29 is 19.0 Å². The third-order valence-electron chi connectivity index (χ3n) is 5.75. The summed E-state index contributed by atoms with van der Waals surface area (Å²) in [5.74, 6) is 0.0547. The lowest BCUT2D eigenvalue weighted by Gasteiger charge is -2.42. The zero-order chi connectivity index (χ0) is 16.9. The van der Waals surface area contributed by atoms with Crippen molar-refractivity contribution in [2.75, 3.05) is 40.0 Å². The van der Waals surface area contributed by atoms with E-state index in [9.17, 15) is 4.79 Å². The molecule has 24 heavy (non-hydrogen) atoms. The van der Waals surface area contributed by atoms with E-state index >= 15 is 0 Å². The van der Waals surface area contributed by atoms with Gasteiger partial charge in [0.2, 0.25) is 0 Å². The van der Waals surface area contributed by atoms with Gasteiger partial charge in [-0.3, -0.25) is 9.69 Å². The average Bonchev–Trinajstić information content (AvgIpc) is 3.01. The largest absolute Gasteiger partial charge is 0.466 e. The number of methoxy groups -OCH3 is 1. The van der Waals surface area contributed by atoms with Gasteiger partial charge in [-0.15, -0.1) is 0 Å². The number of ether oxygens (including phenoxy) is 3. The molecule has 1 N–H and O–H groups in total. The summed E-state index contributed by atoms with van der Waals surface area (Å²) in [4.78, 5) is 14.3. The van der Waals surface area contributed by atoms with Crippen molar-refractivity contribution in [3.05, 3.63) is 0 Å². The van der Waals surface area contributed by atoms with Gasteiger partial charge in [-0.2, -0.15) is 0 Å². The van der Waals surface area contributed by atoms with Crippen LogP contribution in [0.3, 0.4) is 0 Å². The van der Waals surface area contributed by atoms with Crippen LogP contribution < -0.4 is 5.32 Å². The number of hydrogen-bond acceptors (Lipinski definition) is 6. The lowest BCUT2D eigenvalue weighted by Crippen LogP contribution is -2.56. The smallest absolute Gasteiger partial charge is 0.308 e. The van der Waals surface area contributed by atoms with E-state index in [1.807, 2.05) is 6.92 Å². The van der Waals surface area contributed by atoms with Crippen molar-refractivity contribution in [3.63, 3.8) is 0 Å². The highest BCUT2D eigenvalue weighted by Gasteiger charge is 2.37. The summed E-state index contributed by atoms with van der Waals surface area (Å²) in [6.07, 6.45) is 5.64. The van der Waals surface area contributed by atoms with Gasteiger partial charge in [0, 0.05) is 38.8 Å². The number of hydrogen-bond donors (Lipinski definition) is 1. The van der Waals surface area contributed by atoms with Gasteiger partial charge in [-0.05, 0) is 39.0 Å². The molecule has 0 spiro atoms. The summed E-state index contributed by atoms with van der Waals surface area (Å²) in [5, 5.41) is 3.59. The fraction of sp³-hybridized carbons (Fsp3) is 0.944. The molecule has 3 rings (SSSR count). The molecule has 0 aromatic carbocycles. The average molecular weight is 340 g/mol. The molecule has 0 aromatic heterocycles. The number of carbonyl (C=O) groups is 1. The minimum absolute atomic E-state index is 0.0276. The number of rotatable bonds is 7. The monoisotopic (exact) mass is 340 g/mol. The third-order valence-corrected chi connectivity index (χ3v) is 5.75. The van der Waals surface area contributed by atoms with E-state index in [0.29, 0.717) is 30.9 Å². The van der Waals surface area contributed by atoms with Crippen molar-refractivity contribution >= 4 is 5.97 Å². The second-order valence-electron chi connectivity index (χ2n) is 7.37. The zero-order valence-corrected chi connectivity index (χ0v) is 15.0. The fourth-order valence-electron chi connectivity index (χ4n) is 4.10. The highest BCUT2D eigenvalue weighted by molar-refractivity contribution is 5.72. The summed E-state index contributed by atoms with van der Waals surface area (Å²) < 4.78 is 16.6.